The van der Waals surface area contributed by atoms with Crippen molar-refractivity contribution in [2.75, 3.05) is 12.3 Å². The molecule has 1 saturated heterocycles. The van der Waals surface area contributed by atoms with Crippen molar-refractivity contribution in [2.45, 2.75) is 32.4 Å². The van der Waals surface area contributed by atoms with Gasteiger partial charge in [-0.05, 0) is 19.8 Å². The van der Waals surface area contributed by atoms with E-state index in [1.54, 1.807) is 0 Å². The molecule has 0 bridgehead atoms. The summed E-state index contributed by atoms with van der Waals surface area (Å²) in [6.45, 7) is 3.56. The maximum atomic E-state index is 5.58. The molecule has 0 aromatic carbocycles. The van der Waals surface area contributed by atoms with Crippen LogP contribution in [0.25, 0.3) is 0 Å². The van der Waals surface area contributed by atoms with Gasteiger partial charge < -0.3 is 10.5 Å². The molecular formula is C8H14N4O. The third-order valence-electron chi connectivity index (χ3n) is 2.42. The first kappa shape index (κ1) is 8.50. The van der Waals surface area contributed by atoms with E-state index in [9.17, 15) is 0 Å². The molecule has 13 heavy (non-hydrogen) atoms. The Balaban J connectivity index is 2.04. The maximum Gasteiger partial charge on any atom is 0.168 e. The summed E-state index contributed by atoms with van der Waals surface area (Å²) in [4.78, 5) is 0. The number of hydrogen-bond donors (Lipinski definition) is 1. The molecule has 5 nitrogen and oxygen atoms in total. The van der Waals surface area contributed by atoms with E-state index in [4.69, 9.17) is 10.5 Å². The predicted octanol–water partition coefficient (Wildman–Crippen LogP) is 0.348. The predicted molar refractivity (Wildman–Crippen MR) is 48.1 cm³/mol. The summed E-state index contributed by atoms with van der Waals surface area (Å²) in [5, 5.41) is 7.73. The Morgan fingerprint density at radius 1 is 1.69 bits per heavy atom. The van der Waals surface area contributed by atoms with E-state index in [1.165, 1.54) is 0 Å². The molecule has 1 fully saturated rings. The molecule has 2 rings (SSSR count). The van der Waals surface area contributed by atoms with Gasteiger partial charge in [-0.15, -0.1) is 5.10 Å². The molecule has 0 saturated carbocycles. The first-order chi connectivity index (χ1) is 6.27. The van der Waals surface area contributed by atoms with Crippen LogP contribution in [0.1, 0.15) is 18.5 Å². The minimum atomic E-state index is 0.291. The van der Waals surface area contributed by atoms with Crippen molar-refractivity contribution in [2.24, 2.45) is 0 Å². The second-order valence-corrected chi connectivity index (χ2v) is 3.38. The van der Waals surface area contributed by atoms with E-state index in [1.807, 2.05) is 11.6 Å². The molecule has 1 aromatic rings. The standard InChI is InChI=1S/C8H14N4O/c1-6-8(9)10-11-12(6)5-7-3-2-4-13-7/h7H,2-5,9H2,1H3. The van der Waals surface area contributed by atoms with E-state index in [2.05, 4.69) is 10.3 Å². The van der Waals surface area contributed by atoms with Gasteiger partial charge >= 0.3 is 0 Å². The molecule has 1 atom stereocenters. The van der Waals surface area contributed by atoms with Crippen LogP contribution in [0.4, 0.5) is 5.82 Å². The number of nitrogens with zero attached hydrogens (tertiary/aromatic N) is 3. The van der Waals surface area contributed by atoms with Gasteiger partial charge in [-0.1, -0.05) is 5.21 Å². The zero-order chi connectivity index (χ0) is 9.26. The number of anilines is 1. The van der Waals surface area contributed by atoms with Crippen LogP contribution in [-0.4, -0.2) is 27.7 Å². The molecule has 1 aromatic heterocycles. The smallest absolute Gasteiger partial charge is 0.168 e. The second-order valence-electron chi connectivity index (χ2n) is 3.38. The molecule has 0 radical (unpaired) electrons. The Bertz CT molecular complexity index is 290. The van der Waals surface area contributed by atoms with Crippen molar-refractivity contribution >= 4 is 5.82 Å². The van der Waals surface area contributed by atoms with Gasteiger partial charge in [0.2, 0.25) is 0 Å². The number of ether oxygens (including phenoxy) is 1. The Kier molecular flexibility index (Phi) is 2.18. The fourth-order valence-corrected chi connectivity index (χ4v) is 1.53. The highest BCUT2D eigenvalue weighted by Crippen LogP contribution is 2.15. The highest BCUT2D eigenvalue weighted by Gasteiger charge is 2.17. The van der Waals surface area contributed by atoms with Crippen LogP contribution in [-0.2, 0) is 11.3 Å². The molecule has 1 unspecified atom stereocenters. The number of aromatic nitrogens is 3. The van der Waals surface area contributed by atoms with Crippen LogP contribution in [0.5, 0.6) is 0 Å². The minimum absolute atomic E-state index is 0.291. The van der Waals surface area contributed by atoms with Crippen LogP contribution in [0, 0.1) is 6.92 Å². The number of nitrogen functional groups attached to an aromatic ring is 1. The summed E-state index contributed by atoms with van der Waals surface area (Å²) < 4.78 is 7.30. The molecule has 2 heterocycles. The molecule has 0 spiro atoms. The lowest BCUT2D eigenvalue weighted by molar-refractivity contribution is 0.0930. The van der Waals surface area contributed by atoms with Gasteiger partial charge in [0, 0.05) is 6.61 Å². The highest BCUT2D eigenvalue weighted by atomic mass is 16.5. The molecular weight excluding hydrogens is 168 g/mol. The van der Waals surface area contributed by atoms with Crippen molar-refractivity contribution in [1.29, 1.82) is 0 Å². The van der Waals surface area contributed by atoms with Gasteiger partial charge in [-0.25, -0.2) is 4.68 Å². The van der Waals surface area contributed by atoms with E-state index in [0.29, 0.717) is 11.9 Å². The number of rotatable bonds is 2. The fourth-order valence-electron chi connectivity index (χ4n) is 1.53. The second kappa shape index (κ2) is 3.33. The lowest BCUT2D eigenvalue weighted by atomic mass is 10.2. The normalized spacial score (nSPS) is 22.4. The number of nitrogens with two attached hydrogens (primary N) is 1. The van der Waals surface area contributed by atoms with Crippen LogP contribution in [0.3, 0.4) is 0 Å². The molecule has 0 aliphatic carbocycles. The minimum Gasteiger partial charge on any atom is -0.381 e. The van der Waals surface area contributed by atoms with Gasteiger partial charge in [0.25, 0.3) is 0 Å². The lowest BCUT2D eigenvalue weighted by Gasteiger charge is -2.09. The monoisotopic (exact) mass is 182 g/mol. The fraction of sp³-hybridized carbons (Fsp3) is 0.750. The maximum absolute atomic E-state index is 5.58. The van der Waals surface area contributed by atoms with Crippen molar-refractivity contribution < 1.29 is 4.74 Å². The van der Waals surface area contributed by atoms with Gasteiger partial charge in [0.1, 0.15) is 0 Å². The van der Waals surface area contributed by atoms with E-state index < -0.39 is 0 Å². The van der Waals surface area contributed by atoms with Crippen LogP contribution < -0.4 is 5.73 Å². The van der Waals surface area contributed by atoms with Gasteiger partial charge in [0.05, 0.1) is 18.3 Å². The Morgan fingerprint density at radius 3 is 3.08 bits per heavy atom. The largest absolute Gasteiger partial charge is 0.381 e. The molecule has 1 aliphatic rings. The molecule has 1 aliphatic heterocycles. The summed E-state index contributed by atoms with van der Waals surface area (Å²) in [5.41, 5.74) is 6.51. The first-order valence-electron chi connectivity index (χ1n) is 4.54. The zero-order valence-electron chi connectivity index (χ0n) is 7.73. The van der Waals surface area contributed by atoms with E-state index >= 15 is 0 Å². The summed E-state index contributed by atoms with van der Waals surface area (Å²) >= 11 is 0. The summed E-state index contributed by atoms with van der Waals surface area (Å²) in [5.74, 6) is 0.512. The molecule has 72 valence electrons. The van der Waals surface area contributed by atoms with Crippen LogP contribution in [0.2, 0.25) is 0 Å². The molecule has 2 N–H and O–H groups in total. The van der Waals surface area contributed by atoms with Gasteiger partial charge in [-0.3, -0.25) is 0 Å². The van der Waals surface area contributed by atoms with Crippen LogP contribution >= 0.6 is 0 Å². The van der Waals surface area contributed by atoms with Crippen molar-refractivity contribution in [3.63, 3.8) is 0 Å². The Hall–Kier alpha value is -1.10. The Labute approximate surface area is 76.9 Å². The first-order valence-corrected chi connectivity index (χ1v) is 4.54. The third-order valence-corrected chi connectivity index (χ3v) is 2.42. The SMILES string of the molecule is Cc1c(N)nnn1CC1CCCO1. The lowest BCUT2D eigenvalue weighted by Crippen LogP contribution is -2.17. The average Bonchev–Trinajstić information content (AvgIpc) is 2.71. The number of hydrogen-bond acceptors (Lipinski definition) is 4. The van der Waals surface area contributed by atoms with Crippen LogP contribution in [0.15, 0.2) is 0 Å². The van der Waals surface area contributed by atoms with Gasteiger partial charge in [-0.2, -0.15) is 0 Å². The van der Waals surface area contributed by atoms with Crippen molar-refractivity contribution in [3.05, 3.63) is 5.69 Å². The Morgan fingerprint density at radius 2 is 2.54 bits per heavy atom. The van der Waals surface area contributed by atoms with Gasteiger partial charge in [0.15, 0.2) is 5.82 Å². The third kappa shape index (κ3) is 1.65. The topological polar surface area (TPSA) is 66.0 Å². The summed E-state index contributed by atoms with van der Waals surface area (Å²) in [6.07, 6.45) is 2.55. The zero-order valence-corrected chi connectivity index (χ0v) is 7.73. The molecule has 0 amide bonds. The van der Waals surface area contributed by atoms with Crippen molar-refractivity contribution in [3.8, 4) is 0 Å². The highest BCUT2D eigenvalue weighted by molar-refractivity contribution is 5.31. The summed E-state index contributed by atoms with van der Waals surface area (Å²) in [6, 6.07) is 0. The average molecular weight is 182 g/mol. The summed E-state index contributed by atoms with van der Waals surface area (Å²) in [7, 11) is 0. The van der Waals surface area contributed by atoms with Crippen molar-refractivity contribution in [1.82, 2.24) is 15.0 Å². The van der Waals surface area contributed by atoms with E-state index in [0.717, 1.165) is 31.7 Å². The molecule has 5 heteroatoms. The quantitative estimate of drug-likeness (QED) is 0.716. The van der Waals surface area contributed by atoms with E-state index in [-0.39, 0.29) is 0 Å².